The topological polar surface area (TPSA) is 4.93 Å². The van der Waals surface area contributed by atoms with Crippen LogP contribution in [0.4, 0.5) is 0 Å². The zero-order valence-electron chi connectivity index (χ0n) is 20.9. The molecule has 0 radical (unpaired) electrons. The summed E-state index contributed by atoms with van der Waals surface area (Å²) in [6.07, 6.45) is 8.72. The summed E-state index contributed by atoms with van der Waals surface area (Å²) in [4.78, 5) is 0. The molecule has 0 saturated heterocycles. The van der Waals surface area contributed by atoms with Crippen LogP contribution in [0.5, 0.6) is 0 Å². The van der Waals surface area contributed by atoms with Gasteiger partial charge in [-0.3, -0.25) is 0 Å². The fourth-order valence-corrected chi connectivity index (χ4v) is 6.20. The Morgan fingerprint density at radius 3 is 2.08 bits per heavy atom. The number of halogens is 2. The number of hydrogen-bond donors (Lipinski definition) is 0. The van der Waals surface area contributed by atoms with Crippen LogP contribution in [-0.2, 0) is 0 Å². The van der Waals surface area contributed by atoms with Crippen LogP contribution in [0.25, 0.3) is 60.2 Å². The van der Waals surface area contributed by atoms with Gasteiger partial charge in [0.05, 0.1) is 11.0 Å². The van der Waals surface area contributed by atoms with E-state index in [9.17, 15) is 0 Å². The second kappa shape index (κ2) is 9.74. The SMILES string of the molecule is CC.Clc1cc(Cl)cc(-c2cc3c(c4ccccc24)c2c4ccccc4ccc2n3C2=CC=CCC2)c1. The highest BCUT2D eigenvalue weighted by Crippen LogP contribution is 2.44. The highest BCUT2D eigenvalue weighted by atomic mass is 35.5. The van der Waals surface area contributed by atoms with Gasteiger partial charge >= 0.3 is 0 Å². The van der Waals surface area contributed by atoms with Gasteiger partial charge in [0.25, 0.3) is 0 Å². The van der Waals surface area contributed by atoms with Crippen LogP contribution in [-0.4, -0.2) is 4.57 Å². The van der Waals surface area contributed by atoms with Crippen LogP contribution in [0.1, 0.15) is 26.7 Å². The molecule has 1 aliphatic carbocycles. The lowest BCUT2D eigenvalue weighted by atomic mass is 9.94. The van der Waals surface area contributed by atoms with Gasteiger partial charge in [-0.1, -0.05) is 104 Å². The summed E-state index contributed by atoms with van der Waals surface area (Å²) < 4.78 is 2.46. The Morgan fingerprint density at radius 2 is 1.35 bits per heavy atom. The van der Waals surface area contributed by atoms with E-state index in [1.807, 2.05) is 26.0 Å². The largest absolute Gasteiger partial charge is 0.313 e. The van der Waals surface area contributed by atoms with Crippen molar-refractivity contribution in [1.29, 1.82) is 0 Å². The van der Waals surface area contributed by atoms with Crippen molar-refractivity contribution < 1.29 is 0 Å². The summed E-state index contributed by atoms with van der Waals surface area (Å²) in [6, 6.07) is 30.0. The first-order chi connectivity index (χ1) is 18.2. The maximum absolute atomic E-state index is 6.45. The van der Waals surface area contributed by atoms with Crippen molar-refractivity contribution in [2.24, 2.45) is 0 Å². The molecule has 0 aliphatic heterocycles. The maximum Gasteiger partial charge on any atom is 0.0550 e. The van der Waals surface area contributed by atoms with E-state index >= 15 is 0 Å². The monoisotopic (exact) mass is 519 g/mol. The average molecular weight is 521 g/mol. The van der Waals surface area contributed by atoms with E-state index in [0.717, 1.165) is 24.0 Å². The molecule has 7 rings (SSSR count). The number of rotatable bonds is 2. The number of hydrogen-bond acceptors (Lipinski definition) is 0. The zero-order chi connectivity index (χ0) is 25.5. The van der Waals surface area contributed by atoms with Gasteiger partial charge in [-0.2, -0.15) is 0 Å². The summed E-state index contributed by atoms with van der Waals surface area (Å²) in [5, 5.41) is 8.86. The van der Waals surface area contributed by atoms with Crippen LogP contribution in [0.3, 0.4) is 0 Å². The molecule has 0 bridgehead atoms. The van der Waals surface area contributed by atoms with Gasteiger partial charge < -0.3 is 4.57 Å². The fraction of sp³-hybridized carbons (Fsp3) is 0.118. The van der Waals surface area contributed by atoms with Crippen molar-refractivity contribution in [1.82, 2.24) is 4.57 Å². The van der Waals surface area contributed by atoms with Crippen LogP contribution < -0.4 is 0 Å². The van der Waals surface area contributed by atoms with Crippen LogP contribution >= 0.6 is 23.2 Å². The van der Waals surface area contributed by atoms with Crippen LogP contribution in [0.2, 0.25) is 10.0 Å². The maximum atomic E-state index is 6.45. The normalized spacial score (nSPS) is 13.2. The van der Waals surface area contributed by atoms with Crippen molar-refractivity contribution in [3.05, 3.63) is 113 Å². The van der Waals surface area contributed by atoms with Crippen molar-refractivity contribution >= 4 is 72.2 Å². The number of fused-ring (bicyclic) bond motifs is 7. The average Bonchev–Trinajstić information content (AvgIpc) is 3.28. The quantitative estimate of drug-likeness (QED) is 0.214. The summed E-state index contributed by atoms with van der Waals surface area (Å²) in [6.45, 7) is 4.00. The predicted molar refractivity (Wildman–Crippen MR) is 164 cm³/mol. The van der Waals surface area contributed by atoms with Crippen molar-refractivity contribution in [2.45, 2.75) is 26.7 Å². The van der Waals surface area contributed by atoms with E-state index in [1.165, 1.54) is 49.0 Å². The molecule has 3 heteroatoms. The van der Waals surface area contributed by atoms with Crippen molar-refractivity contribution in [3.8, 4) is 11.1 Å². The first-order valence-electron chi connectivity index (χ1n) is 12.9. The Hall–Kier alpha value is -3.52. The van der Waals surface area contributed by atoms with E-state index in [2.05, 4.69) is 89.5 Å². The van der Waals surface area contributed by atoms with Crippen LogP contribution in [0.15, 0.2) is 103 Å². The van der Waals surface area contributed by atoms with Gasteiger partial charge in [0, 0.05) is 26.5 Å². The van der Waals surface area contributed by atoms with Gasteiger partial charge in [0.15, 0.2) is 0 Å². The van der Waals surface area contributed by atoms with E-state index in [-0.39, 0.29) is 0 Å². The van der Waals surface area contributed by atoms with Crippen LogP contribution in [0, 0.1) is 0 Å². The second-order valence-electron chi connectivity index (χ2n) is 9.16. The molecule has 0 spiro atoms. The third kappa shape index (κ3) is 3.94. The molecule has 0 saturated carbocycles. The Labute approximate surface area is 227 Å². The Kier molecular flexibility index (Phi) is 6.28. The predicted octanol–water partition coefficient (Wildman–Crippen LogP) is 11.3. The lowest BCUT2D eigenvalue weighted by molar-refractivity contribution is 0.979. The number of benzene rings is 5. The van der Waals surface area contributed by atoms with Crippen molar-refractivity contribution in [3.63, 3.8) is 0 Å². The fourth-order valence-electron chi connectivity index (χ4n) is 5.67. The summed E-state index contributed by atoms with van der Waals surface area (Å²) >= 11 is 12.9. The molecule has 1 heterocycles. The minimum Gasteiger partial charge on any atom is -0.313 e. The lowest BCUT2D eigenvalue weighted by Gasteiger charge is -2.16. The minimum absolute atomic E-state index is 0.642. The molecule has 1 nitrogen and oxygen atoms in total. The Bertz CT molecular complexity index is 1850. The van der Waals surface area contributed by atoms with Gasteiger partial charge in [-0.15, -0.1) is 0 Å². The van der Waals surface area contributed by atoms with E-state index in [0.29, 0.717) is 10.0 Å². The molecule has 0 N–H and O–H groups in total. The second-order valence-corrected chi connectivity index (χ2v) is 10.0. The van der Waals surface area contributed by atoms with Crippen molar-refractivity contribution in [2.75, 3.05) is 0 Å². The van der Waals surface area contributed by atoms with Gasteiger partial charge in [-0.25, -0.2) is 0 Å². The first-order valence-corrected chi connectivity index (χ1v) is 13.6. The molecule has 6 aromatic rings. The molecule has 1 aliphatic rings. The number of aromatic nitrogens is 1. The van der Waals surface area contributed by atoms with E-state index in [4.69, 9.17) is 23.2 Å². The summed E-state index contributed by atoms with van der Waals surface area (Å²) in [5.41, 5.74) is 5.93. The summed E-state index contributed by atoms with van der Waals surface area (Å²) in [5.74, 6) is 0. The third-order valence-electron chi connectivity index (χ3n) is 7.12. The molecular formula is C34H27Cl2N. The molecule has 5 aromatic carbocycles. The van der Waals surface area contributed by atoms with Gasteiger partial charge in [0.1, 0.15) is 0 Å². The molecule has 1 aromatic heterocycles. The lowest BCUT2D eigenvalue weighted by Crippen LogP contribution is -1.99. The standard InChI is InChI=1S/C32H21Cl2N.C2H6/c33-22-16-21(17-23(34)18-22)28-19-30-32(27-13-7-6-12-26(27)28)31-25-11-5-4-8-20(25)14-15-29(31)35(30)24-9-2-1-3-10-24;1-2/h1-2,4-9,11-19H,3,10H2;1-2H3. The Morgan fingerprint density at radius 1 is 0.676 bits per heavy atom. The highest BCUT2D eigenvalue weighted by molar-refractivity contribution is 6.35. The molecule has 0 amide bonds. The van der Waals surface area contributed by atoms with E-state index in [1.54, 1.807) is 6.07 Å². The molecule has 0 fully saturated rings. The smallest absolute Gasteiger partial charge is 0.0550 e. The molecule has 0 unspecified atom stereocenters. The molecule has 37 heavy (non-hydrogen) atoms. The highest BCUT2D eigenvalue weighted by Gasteiger charge is 2.20. The molecule has 182 valence electrons. The van der Waals surface area contributed by atoms with Gasteiger partial charge in [0.2, 0.25) is 0 Å². The first kappa shape index (κ1) is 23.9. The number of nitrogens with zero attached hydrogens (tertiary/aromatic N) is 1. The minimum atomic E-state index is 0.642. The molecular weight excluding hydrogens is 493 g/mol. The summed E-state index contributed by atoms with van der Waals surface area (Å²) in [7, 11) is 0. The van der Waals surface area contributed by atoms with E-state index < -0.39 is 0 Å². The molecule has 0 atom stereocenters. The van der Waals surface area contributed by atoms with Gasteiger partial charge in [-0.05, 0) is 81.9 Å². The number of allylic oxidation sites excluding steroid dienone is 4. The Balaban J connectivity index is 0.00000123. The third-order valence-corrected chi connectivity index (χ3v) is 7.55. The zero-order valence-corrected chi connectivity index (χ0v) is 22.4.